The summed E-state index contributed by atoms with van der Waals surface area (Å²) in [5.41, 5.74) is 9.35. The molecule has 0 unspecified atom stereocenters. The van der Waals surface area contributed by atoms with Crippen molar-refractivity contribution in [2.45, 2.75) is 64.5 Å². The Labute approximate surface area is 150 Å². The maximum atomic E-state index is 12.6. The third-order valence-electron chi connectivity index (χ3n) is 5.37. The van der Waals surface area contributed by atoms with Gasteiger partial charge in [0.1, 0.15) is 5.75 Å². The first-order valence-corrected chi connectivity index (χ1v) is 9.54. The highest BCUT2D eigenvalue weighted by Gasteiger charge is 2.30. The highest BCUT2D eigenvalue weighted by molar-refractivity contribution is 5.82. The maximum Gasteiger partial charge on any atom is 0.239 e. The number of aryl methyl sites for hydroxylation is 1. The van der Waals surface area contributed by atoms with Crippen LogP contribution in [-0.2, 0) is 4.79 Å². The van der Waals surface area contributed by atoms with Crippen molar-refractivity contribution in [3.8, 4) is 5.75 Å². The topological polar surface area (TPSA) is 67.6 Å². The number of ether oxygens (including phenoxy) is 1. The van der Waals surface area contributed by atoms with Crippen molar-refractivity contribution < 1.29 is 9.53 Å². The maximum absolute atomic E-state index is 12.6. The van der Waals surface area contributed by atoms with Crippen molar-refractivity contribution in [2.24, 2.45) is 0 Å². The van der Waals surface area contributed by atoms with Gasteiger partial charge in [-0.3, -0.25) is 4.79 Å². The molecule has 2 aliphatic rings. The number of nitrogen functional groups attached to an aromatic ring is 1. The Morgan fingerprint density at radius 3 is 2.60 bits per heavy atom. The van der Waals surface area contributed by atoms with Crippen LogP contribution in [-0.4, -0.2) is 42.6 Å². The molecule has 2 saturated heterocycles. The zero-order valence-electron chi connectivity index (χ0n) is 15.7. The molecule has 3 N–H and O–H groups in total. The lowest BCUT2D eigenvalue weighted by atomic mass is 9.86. The van der Waals surface area contributed by atoms with E-state index in [0.717, 1.165) is 51.1 Å². The lowest BCUT2D eigenvalue weighted by Crippen LogP contribution is -2.46. The molecule has 0 spiro atoms. The van der Waals surface area contributed by atoms with Gasteiger partial charge in [0, 0.05) is 13.1 Å². The van der Waals surface area contributed by atoms with E-state index in [1.165, 1.54) is 11.1 Å². The number of nitrogens with two attached hydrogens (primary N) is 1. The molecule has 0 aliphatic carbocycles. The molecular formula is C20H31N3O2. The van der Waals surface area contributed by atoms with Gasteiger partial charge in [0.05, 0.1) is 17.8 Å². The van der Waals surface area contributed by atoms with Crippen molar-refractivity contribution in [3.63, 3.8) is 0 Å². The van der Waals surface area contributed by atoms with E-state index in [2.05, 4.69) is 18.3 Å². The van der Waals surface area contributed by atoms with E-state index in [9.17, 15) is 4.79 Å². The minimum atomic E-state index is 0.0425. The molecule has 0 aromatic heterocycles. The smallest absolute Gasteiger partial charge is 0.239 e. The molecule has 0 bridgehead atoms. The van der Waals surface area contributed by atoms with Crippen molar-refractivity contribution >= 4 is 11.6 Å². The van der Waals surface area contributed by atoms with Gasteiger partial charge in [-0.15, -0.1) is 0 Å². The number of benzene rings is 1. The molecule has 2 heterocycles. The Bertz CT molecular complexity index is 616. The summed E-state index contributed by atoms with van der Waals surface area (Å²) in [7, 11) is 0. The summed E-state index contributed by atoms with van der Waals surface area (Å²) < 4.78 is 5.86. The number of nitrogens with one attached hydrogen (secondary N) is 1. The zero-order chi connectivity index (χ0) is 18.0. The second-order valence-corrected chi connectivity index (χ2v) is 7.66. The molecule has 2 fully saturated rings. The van der Waals surface area contributed by atoms with Crippen LogP contribution in [0.3, 0.4) is 0 Å². The van der Waals surface area contributed by atoms with E-state index in [-0.39, 0.29) is 18.1 Å². The van der Waals surface area contributed by atoms with Gasteiger partial charge >= 0.3 is 0 Å². The number of carbonyl (C=O) groups excluding carboxylic acids is 1. The van der Waals surface area contributed by atoms with Crippen molar-refractivity contribution in [2.75, 3.05) is 25.4 Å². The summed E-state index contributed by atoms with van der Waals surface area (Å²) in [6.07, 6.45) is 4.20. The van der Waals surface area contributed by atoms with Crippen LogP contribution in [0.15, 0.2) is 12.1 Å². The Balaban J connectivity index is 1.67. The van der Waals surface area contributed by atoms with Gasteiger partial charge in [-0.1, -0.05) is 0 Å². The molecule has 3 rings (SSSR count). The number of carbonyl (C=O) groups is 1. The average molecular weight is 345 g/mol. The van der Waals surface area contributed by atoms with E-state index in [0.29, 0.717) is 11.6 Å². The van der Waals surface area contributed by atoms with Gasteiger partial charge in [-0.25, -0.2) is 0 Å². The highest BCUT2D eigenvalue weighted by Crippen LogP contribution is 2.36. The van der Waals surface area contributed by atoms with Crippen LogP contribution >= 0.6 is 0 Å². The number of piperidine rings is 1. The summed E-state index contributed by atoms with van der Waals surface area (Å²) >= 11 is 0. The molecule has 5 nitrogen and oxygen atoms in total. The molecular weight excluding hydrogens is 314 g/mol. The molecule has 25 heavy (non-hydrogen) atoms. The van der Waals surface area contributed by atoms with Crippen LogP contribution in [0.5, 0.6) is 5.75 Å². The Kier molecular flexibility index (Phi) is 5.52. The second-order valence-electron chi connectivity index (χ2n) is 7.66. The van der Waals surface area contributed by atoms with Gasteiger partial charge in [-0.05, 0) is 82.2 Å². The van der Waals surface area contributed by atoms with E-state index < -0.39 is 0 Å². The van der Waals surface area contributed by atoms with Crippen molar-refractivity contribution in [1.82, 2.24) is 10.2 Å². The molecule has 1 amide bonds. The third-order valence-corrected chi connectivity index (χ3v) is 5.37. The Morgan fingerprint density at radius 1 is 1.28 bits per heavy atom. The summed E-state index contributed by atoms with van der Waals surface area (Å²) in [5, 5.41) is 3.32. The molecule has 1 atom stereocenters. The SMILES string of the molecule is Cc1cc(N)c(OC(C)C)cc1C1CCN(C(=O)[C@@H]2CCCN2)CC1. The van der Waals surface area contributed by atoms with E-state index >= 15 is 0 Å². The molecule has 1 aromatic rings. The van der Waals surface area contributed by atoms with Gasteiger partial charge < -0.3 is 20.7 Å². The predicted molar refractivity (Wildman–Crippen MR) is 101 cm³/mol. The monoisotopic (exact) mass is 345 g/mol. The first-order valence-electron chi connectivity index (χ1n) is 9.54. The van der Waals surface area contributed by atoms with Crippen LogP contribution < -0.4 is 15.8 Å². The number of nitrogens with zero attached hydrogens (tertiary/aromatic N) is 1. The number of hydrogen-bond acceptors (Lipinski definition) is 4. The van der Waals surface area contributed by atoms with Gasteiger partial charge in [-0.2, -0.15) is 0 Å². The van der Waals surface area contributed by atoms with Gasteiger partial charge in [0.25, 0.3) is 0 Å². The number of anilines is 1. The Hall–Kier alpha value is -1.75. The van der Waals surface area contributed by atoms with Crippen LogP contribution in [0, 0.1) is 6.92 Å². The minimum Gasteiger partial charge on any atom is -0.489 e. The fourth-order valence-corrected chi connectivity index (χ4v) is 4.05. The summed E-state index contributed by atoms with van der Waals surface area (Å²) in [4.78, 5) is 14.6. The van der Waals surface area contributed by atoms with E-state index in [1.807, 2.05) is 24.8 Å². The summed E-state index contributed by atoms with van der Waals surface area (Å²) in [6, 6.07) is 4.18. The normalized spacial score (nSPS) is 21.8. The summed E-state index contributed by atoms with van der Waals surface area (Å²) in [5.74, 6) is 1.54. The standard InChI is InChI=1S/C20H31N3O2/c1-13(2)25-19-12-16(14(3)11-17(19)21)15-6-9-23(10-7-15)20(24)18-5-4-8-22-18/h11-13,15,18,22H,4-10,21H2,1-3H3/t18-/m0/s1. The fraction of sp³-hybridized carbons (Fsp3) is 0.650. The lowest BCUT2D eigenvalue weighted by molar-refractivity contribution is -0.134. The number of likely N-dealkylation sites (tertiary alicyclic amines) is 1. The van der Waals surface area contributed by atoms with Crippen LogP contribution in [0.1, 0.15) is 56.6 Å². The molecule has 5 heteroatoms. The van der Waals surface area contributed by atoms with E-state index in [1.54, 1.807) is 0 Å². The number of amides is 1. The number of rotatable bonds is 4. The van der Waals surface area contributed by atoms with Crippen molar-refractivity contribution in [1.29, 1.82) is 0 Å². The van der Waals surface area contributed by atoms with E-state index in [4.69, 9.17) is 10.5 Å². The quantitative estimate of drug-likeness (QED) is 0.824. The van der Waals surface area contributed by atoms with Gasteiger partial charge in [0.15, 0.2) is 0 Å². The predicted octanol–water partition coefficient (Wildman–Crippen LogP) is 2.82. The lowest BCUT2D eigenvalue weighted by Gasteiger charge is -2.34. The Morgan fingerprint density at radius 2 is 2.00 bits per heavy atom. The first-order chi connectivity index (χ1) is 12.0. The largest absolute Gasteiger partial charge is 0.489 e. The second kappa shape index (κ2) is 7.65. The highest BCUT2D eigenvalue weighted by atomic mass is 16.5. The molecule has 2 aliphatic heterocycles. The van der Waals surface area contributed by atoms with Crippen LogP contribution in [0.4, 0.5) is 5.69 Å². The van der Waals surface area contributed by atoms with Crippen LogP contribution in [0.2, 0.25) is 0 Å². The first kappa shape index (κ1) is 18.1. The minimum absolute atomic E-state index is 0.0425. The van der Waals surface area contributed by atoms with Crippen LogP contribution in [0.25, 0.3) is 0 Å². The van der Waals surface area contributed by atoms with Crippen molar-refractivity contribution in [3.05, 3.63) is 23.3 Å². The summed E-state index contributed by atoms with van der Waals surface area (Å²) in [6.45, 7) is 8.79. The average Bonchev–Trinajstić information content (AvgIpc) is 3.11. The van der Waals surface area contributed by atoms with Gasteiger partial charge in [0.2, 0.25) is 5.91 Å². The third kappa shape index (κ3) is 4.09. The molecule has 0 saturated carbocycles. The molecule has 0 radical (unpaired) electrons. The number of hydrogen-bond donors (Lipinski definition) is 2. The molecule has 138 valence electrons. The molecule has 1 aromatic carbocycles. The zero-order valence-corrected chi connectivity index (χ0v) is 15.7. The fourth-order valence-electron chi connectivity index (χ4n) is 4.05.